The Labute approximate surface area is 152 Å². The van der Waals surface area contributed by atoms with Crippen molar-refractivity contribution in [2.75, 3.05) is 0 Å². The average Bonchev–Trinajstić information content (AvgIpc) is 2.53. The third kappa shape index (κ3) is 3.77. The zero-order chi connectivity index (χ0) is 18.2. The number of carbonyl (C=O) groups excluding carboxylic acids is 1. The summed E-state index contributed by atoms with van der Waals surface area (Å²) in [6.07, 6.45) is -3.09. The molecule has 2 aromatic carbocycles. The van der Waals surface area contributed by atoms with Crippen LogP contribution in [0.5, 0.6) is 0 Å². The molecule has 1 fully saturated rings. The van der Waals surface area contributed by atoms with Gasteiger partial charge in [0.25, 0.3) is 5.91 Å². The highest BCUT2D eigenvalue weighted by molar-refractivity contribution is 6.35. The molecule has 1 amide bonds. The highest BCUT2D eigenvalue weighted by Gasteiger charge is 2.38. The molecular weight excluding hydrogens is 374 g/mol. The van der Waals surface area contributed by atoms with Gasteiger partial charge in [0.05, 0.1) is 11.1 Å². The van der Waals surface area contributed by atoms with E-state index in [-0.39, 0.29) is 17.5 Å². The van der Waals surface area contributed by atoms with Crippen molar-refractivity contribution in [2.45, 2.75) is 31.0 Å². The maximum atomic E-state index is 13.1. The molecule has 0 radical (unpaired) electrons. The van der Waals surface area contributed by atoms with E-state index in [1.807, 2.05) is 0 Å². The van der Waals surface area contributed by atoms with Gasteiger partial charge in [-0.3, -0.25) is 4.79 Å². The molecule has 1 N–H and O–H groups in total. The normalized spacial score (nSPS) is 20.0. The lowest BCUT2D eigenvalue weighted by atomic mass is 9.75. The van der Waals surface area contributed by atoms with Crippen LogP contribution in [-0.4, -0.2) is 11.9 Å². The first-order valence-electron chi connectivity index (χ1n) is 7.69. The Morgan fingerprint density at radius 3 is 2.40 bits per heavy atom. The van der Waals surface area contributed by atoms with Gasteiger partial charge in [0.15, 0.2) is 0 Å². The average molecular weight is 388 g/mol. The van der Waals surface area contributed by atoms with Crippen molar-refractivity contribution in [1.82, 2.24) is 5.32 Å². The van der Waals surface area contributed by atoms with Crippen molar-refractivity contribution in [3.63, 3.8) is 0 Å². The maximum Gasteiger partial charge on any atom is 0.417 e. The van der Waals surface area contributed by atoms with Gasteiger partial charge in [-0.15, -0.1) is 0 Å². The summed E-state index contributed by atoms with van der Waals surface area (Å²) < 4.78 is 39.2. The van der Waals surface area contributed by atoms with Gasteiger partial charge in [0.1, 0.15) is 0 Å². The van der Waals surface area contributed by atoms with Crippen LogP contribution in [0.4, 0.5) is 13.2 Å². The SMILES string of the molecule is O=C(NC1CCC1c1ccc(Cl)cc1Cl)c1ccccc1C(F)(F)F. The van der Waals surface area contributed by atoms with Crippen molar-refractivity contribution in [2.24, 2.45) is 0 Å². The number of carbonyl (C=O) groups is 1. The summed E-state index contributed by atoms with van der Waals surface area (Å²) in [7, 11) is 0. The largest absolute Gasteiger partial charge is 0.417 e. The highest BCUT2D eigenvalue weighted by atomic mass is 35.5. The molecule has 1 aliphatic rings. The fourth-order valence-corrected chi connectivity index (χ4v) is 3.57. The molecule has 1 aliphatic carbocycles. The van der Waals surface area contributed by atoms with Crippen LogP contribution in [0.2, 0.25) is 10.0 Å². The topological polar surface area (TPSA) is 29.1 Å². The number of rotatable bonds is 3. The van der Waals surface area contributed by atoms with E-state index in [1.165, 1.54) is 18.2 Å². The van der Waals surface area contributed by atoms with Crippen LogP contribution in [0.25, 0.3) is 0 Å². The molecule has 0 aromatic heterocycles. The number of benzene rings is 2. The van der Waals surface area contributed by atoms with Crippen molar-refractivity contribution >= 4 is 29.1 Å². The molecule has 2 unspecified atom stereocenters. The summed E-state index contributed by atoms with van der Waals surface area (Å²) in [5.41, 5.74) is -0.470. The van der Waals surface area contributed by atoms with Gasteiger partial charge in [-0.2, -0.15) is 13.2 Å². The van der Waals surface area contributed by atoms with Crippen LogP contribution < -0.4 is 5.32 Å². The summed E-state index contributed by atoms with van der Waals surface area (Å²) in [6.45, 7) is 0. The minimum absolute atomic E-state index is 0.0354. The smallest absolute Gasteiger partial charge is 0.349 e. The van der Waals surface area contributed by atoms with E-state index in [9.17, 15) is 18.0 Å². The third-order valence-electron chi connectivity index (χ3n) is 4.43. The monoisotopic (exact) mass is 387 g/mol. The van der Waals surface area contributed by atoms with E-state index < -0.39 is 17.6 Å². The van der Waals surface area contributed by atoms with E-state index in [0.717, 1.165) is 18.1 Å². The molecule has 25 heavy (non-hydrogen) atoms. The molecule has 0 saturated heterocycles. The number of amides is 1. The molecule has 0 aliphatic heterocycles. The Hall–Kier alpha value is -1.72. The lowest BCUT2D eigenvalue weighted by molar-refractivity contribution is -0.137. The van der Waals surface area contributed by atoms with Crippen LogP contribution in [0.1, 0.15) is 40.2 Å². The van der Waals surface area contributed by atoms with Gasteiger partial charge < -0.3 is 5.32 Å². The summed E-state index contributed by atoms with van der Waals surface area (Å²) in [5, 5.41) is 3.70. The molecule has 2 aromatic rings. The second-order valence-electron chi connectivity index (χ2n) is 5.97. The predicted molar refractivity (Wildman–Crippen MR) is 91.1 cm³/mol. The van der Waals surface area contributed by atoms with Crippen LogP contribution >= 0.6 is 23.2 Å². The fraction of sp³-hybridized carbons (Fsp3) is 0.278. The number of nitrogens with one attached hydrogen (secondary N) is 1. The van der Waals surface area contributed by atoms with Crippen LogP contribution in [0.3, 0.4) is 0 Å². The van der Waals surface area contributed by atoms with Gasteiger partial charge in [-0.05, 0) is 42.7 Å². The third-order valence-corrected chi connectivity index (χ3v) is 4.99. The van der Waals surface area contributed by atoms with Crippen LogP contribution in [0.15, 0.2) is 42.5 Å². The lowest BCUT2D eigenvalue weighted by Crippen LogP contribution is -2.45. The molecule has 132 valence electrons. The van der Waals surface area contributed by atoms with Crippen LogP contribution in [0, 0.1) is 0 Å². The lowest BCUT2D eigenvalue weighted by Gasteiger charge is -2.38. The maximum absolute atomic E-state index is 13.1. The molecule has 0 bridgehead atoms. The molecule has 0 spiro atoms. The van der Waals surface area contributed by atoms with Gasteiger partial charge in [-0.1, -0.05) is 41.4 Å². The second kappa shape index (κ2) is 6.89. The number of hydrogen-bond acceptors (Lipinski definition) is 1. The second-order valence-corrected chi connectivity index (χ2v) is 6.82. The van der Waals surface area contributed by atoms with Crippen molar-refractivity contribution < 1.29 is 18.0 Å². The highest BCUT2D eigenvalue weighted by Crippen LogP contribution is 2.41. The van der Waals surface area contributed by atoms with Crippen molar-refractivity contribution in [3.8, 4) is 0 Å². The predicted octanol–water partition coefficient (Wildman–Crippen LogP) is 5.69. The zero-order valence-electron chi connectivity index (χ0n) is 12.9. The van der Waals surface area contributed by atoms with E-state index in [2.05, 4.69) is 5.32 Å². The van der Waals surface area contributed by atoms with Gasteiger partial charge in [-0.25, -0.2) is 0 Å². The summed E-state index contributed by atoms with van der Waals surface area (Å²) >= 11 is 12.1. The number of halogens is 5. The summed E-state index contributed by atoms with van der Waals surface area (Å²) in [6, 6.07) is 9.62. The Morgan fingerprint density at radius 1 is 1.08 bits per heavy atom. The van der Waals surface area contributed by atoms with E-state index >= 15 is 0 Å². The van der Waals surface area contributed by atoms with E-state index in [1.54, 1.807) is 18.2 Å². The zero-order valence-corrected chi connectivity index (χ0v) is 14.4. The Balaban J connectivity index is 1.78. The van der Waals surface area contributed by atoms with Crippen LogP contribution in [-0.2, 0) is 6.18 Å². The summed E-state index contributed by atoms with van der Waals surface area (Å²) in [4.78, 5) is 12.4. The first kappa shape index (κ1) is 18.1. The molecule has 2 nitrogen and oxygen atoms in total. The molecule has 0 heterocycles. The van der Waals surface area contributed by atoms with Crippen molar-refractivity contribution in [3.05, 3.63) is 69.2 Å². The van der Waals surface area contributed by atoms with Gasteiger partial charge in [0.2, 0.25) is 0 Å². The molecular formula is C18H14Cl2F3NO. The number of alkyl halides is 3. The number of hydrogen-bond donors (Lipinski definition) is 1. The standard InChI is InChI=1S/C18H14Cl2F3NO/c19-10-5-6-11(15(20)9-10)12-7-8-16(12)24-17(25)13-3-1-2-4-14(13)18(21,22)23/h1-6,9,12,16H,7-8H2,(H,24,25). The van der Waals surface area contributed by atoms with E-state index in [4.69, 9.17) is 23.2 Å². The quantitative estimate of drug-likeness (QED) is 0.719. The van der Waals surface area contributed by atoms with Crippen molar-refractivity contribution in [1.29, 1.82) is 0 Å². The molecule has 3 rings (SSSR count). The minimum atomic E-state index is -4.58. The minimum Gasteiger partial charge on any atom is -0.349 e. The van der Waals surface area contributed by atoms with Gasteiger partial charge in [0, 0.05) is 22.0 Å². The molecule has 7 heteroatoms. The first-order chi connectivity index (χ1) is 11.8. The Kier molecular flexibility index (Phi) is 4.98. The fourth-order valence-electron chi connectivity index (χ4n) is 3.02. The summed E-state index contributed by atoms with van der Waals surface area (Å²) in [5.74, 6) is -0.764. The Morgan fingerprint density at radius 2 is 1.80 bits per heavy atom. The van der Waals surface area contributed by atoms with E-state index in [0.29, 0.717) is 16.5 Å². The molecule has 2 atom stereocenters. The molecule has 1 saturated carbocycles. The first-order valence-corrected chi connectivity index (χ1v) is 8.45. The Bertz CT molecular complexity index is 807. The van der Waals surface area contributed by atoms with Gasteiger partial charge >= 0.3 is 6.18 Å².